The van der Waals surface area contributed by atoms with Gasteiger partial charge in [-0.25, -0.2) is 4.79 Å². The van der Waals surface area contributed by atoms with Gasteiger partial charge < -0.3 is 14.4 Å². The third-order valence-electron chi connectivity index (χ3n) is 4.68. The molecular formula is C23H17ClINO3. The zero-order chi connectivity index (χ0) is 20.5. The first-order valence-corrected chi connectivity index (χ1v) is 10.4. The van der Waals surface area contributed by atoms with Crippen LogP contribution in [0.4, 0.5) is 0 Å². The topological polar surface area (TPSA) is 51.5 Å². The summed E-state index contributed by atoms with van der Waals surface area (Å²) >= 11 is 8.43. The number of aromatic nitrogens is 1. The number of benzene rings is 3. The Morgan fingerprint density at radius 2 is 1.76 bits per heavy atom. The molecule has 0 aliphatic carbocycles. The van der Waals surface area contributed by atoms with E-state index in [9.17, 15) is 9.90 Å². The van der Waals surface area contributed by atoms with E-state index in [1.54, 1.807) is 16.7 Å². The quantitative estimate of drug-likeness (QED) is 0.298. The van der Waals surface area contributed by atoms with Crippen molar-refractivity contribution in [3.8, 4) is 11.5 Å². The maximum Gasteiger partial charge on any atom is 0.356 e. The second kappa shape index (κ2) is 8.08. The lowest BCUT2D eigenvalue weighted by molar-refractivity contribution is 0.0683. The van der Waals surface area contributed by atoms with Crippen LogP contribution in [0.5, 0.6) is 11.5 Å². The Kier molecular flexibility index (Phi) is 5.52. The molecule has 1 aromatic heterocycles. The molecule has 4 aromatic rings. The van der Waals surface area contributed by atoms with Crippen molar-refractivity contribution in [2.24, 2.45) is 0 Å². The fourth-order valence-corrected chi connectivity index (χ4v) is 3.80. The van der Waals surface area contributed by atoms with Crippen molar-refractivity contribution < 1.29 is 14.6 Å². The summed E-state index contributed by atoms with van der Waals surface area (Å²) in [6.45, 7) is 2.43. The highest BCUT2D eigenvalue weighted by Crippen LogP contribution is 2.38. The lowest BCUT2D eigenvalue weighted by atomic mass is 10.1. The first-order valence-electron chi connectivity index (χ1n) is 8.96. The lowest BCUT2D eigenvalue weighted by Crippen LogP contribution is -2.10. The van der Waals surface area contributed by atoms with Gasteiger partial charge in [-0.1, -0.05) is 41.4 Å². The standard InChI is InChI=1S/C23H17ClINO3/c1-14-2-4-15(5-3-14)13-26-20-11-6-16(24)12-19(20)22(21(26)23(27)28)29-18-9-7-17(25)8-10-18/h2-12H,13H2,1H3,(H,27,28). The molecule has 29 heavy (non-hydrogen) atoms. The molecule has 6 heteroatoms. The Balaban J connectivity index is 1.90. The molecule has 0 bridgehead atoms. The number of aryl methyl sites for hydroxylation is 1. The van der Waals surface area contributed by atoms with Gasteiger partial charge in [0.1, 0.15) is 5.75 Å². The van der Waals surface area contributed by atoms with Crippen LogP contribution in [0.15, 0.2) is 66.7 Å². The van der Waals surface area contributed by atoms with Gasteiger partial charge in [0.2, 0.25) is 0 Å². The van der Waals surface area contributed by atoms with Gasteiger partial charge in [0.05, 0.1) is 5.52 Å². The minimum Gasteiger partial charge on any atom is -0.476 e. The predicted octanol–water partition coefficient (Wildman–Crippen LogP) is 6.75. The van der Waals surface area contributed by atoms with E-state index in [0.717, 1.165) is 20.2 Å². The number of hydrogen-bond acceptors (Lipinski definition) is 2. The van der Waals surface area contributed by atoms with Crippen LogP contribution in [0.25, 0.3) is 10.9 Å². The van der Waals surface area contributed by atoms with Crippen LogP contribution in [-0.2, 0) is 6.54 Å². The normalized spacial score (nSPS) is 11.0. The van der Waals surface area contributed by atoms with Crippen molar-refractivity contribution in [2.75, 3.05) is 0 Å². The maximum atomic E-state index is 12.3. The van der Waals surface area contributed by atoms with E-state index < -0.39 is 5.97 Å². The second-order valence-corrected chi connectivity index (χ2v) is 8.45. The van der Waals surface area contributed by atoms with Gasteiger partial charge in [0, 0.05) is 20.5 Å². The van der Waals surface area contributed by atoms with Crippen molar-refractivity contribution in [1.82, 2.24) is 4.57 Å². The number of halogens is 2. The minimum atomic E-state index is -1.05. The van der Waals surface area contributed by atoms with E-state index in [1.807, 2.05) is 61.5 Å². The zero-order valence-electron chi connectivity index (χ0n) is 15.5. The molecule has 0 aliphatic heterocycles. The van der Waals surface area contributed by atoms with Gasteiger partial charge in [-0.15, -0.1) is 0 Å². The fraction of sp³-hybridized carbons (Fsp3) is 0.0870. The molecule has 3 aromatic carbocycles. The summed E-state index contributed by atoms with van der Waals surface area (Å²) in [5, 5.41) is 11.2. The molecule has 0 saturated carbocycles. The number of carboxylic acid groups (broad SMARTS) is 1. The predicted molar refractivity (Wildman–Crippen MR) is 123 cm³/mol. The highest BCUT2D eigenvalue weighted by molar-refractivity contribution is 14.1. The molecule has 0 radical (unpaired) electrons. The molecule has 0 fully saturated rings. The van der Waals surface area contributed by atoms with Crippen molar-refractivity contribution in [1.29, 1.82) is 0 Å². The van der Waals surface area contributed by atoms with Crippen LogP contribution in [0.3, 0.4) is 0 Å². The Morgan fingerprint density at radius 3 is 2.41 bits per heavy atom. The van der Waals surface area contributed by atoms with Crippen molar-refractivity contribution >= 4 is 51.1 Å². The average Bonchev–Trinajstić information content (AvgIpc) is 2.98. The number of fused-ring (bicyclic) bond motifs is 1. The van der Waals surface area contributed by atoms with Gasteiger partial charge in [0.15, 0.2) is 11.4 Å². The number of aromatic carboxylic acids is 1. The molecule has 0 aliphatic rings. The van der Waals surface area contributed by atoms with Crippen LogP contribution < -0.4 is 4.74 Å². The minimum absolute atomic E-state index is 0.0985. The van der Waals surface area contributed by atoms with Gasteiger partial charge >= 0.3 is 5.97 Å². The molecule has 1 heterocycles. The number of ether oxygens (including phenoxy) is 1. The van der Waals surface area contributed by atoms with E-state index in [-0.39, 0.29) is 5.69 Å². The SMILES string of the molecule is Cc1ccc(Cn2c(C(=O)O)c(Oc3ccc(I)cc3)c3cc(Cl)ccc32)cc1. The largest absolute Gasteiger partial charge is 0.476 e. The highest BCUT2D eigenvalue weighted by Gasteiger charge is 2.25. The summed E-state index contributed by atoms with van der Waals surface area (Å²) < 4.78 is 8.90. The monoisotopic (exact) mass is 517 g/mol. The fourth-order valence-electron chi connectivity index (χ4n) is 3.27. The molecular weight excluding hydrogens is 501 g/mol. The Bertz CT molecular complexity index is 1200. The molecule has 0 unspecified atom stereocenters. The van der Waals surface area contributed by atoms with Crippen LogP contribution in [0.2, 0.25) is 5.02 Å². The third-order valence-corrected chi connectivity index (χ3v) is 5.63. The third kappa shape index (κ3) is 4.11. The molecule has 4 rings (SSSR count). The maximum absolute atomic E-state index is 12.3. The molecule has 0 saturated heterocycles. The summed E-state index contributed by atoms with van der Waals surface area (Å²) in [5.41, 5.74) is 3.01. The van der Waals surface area contributed by atoms with Crippen LogP contribution >= 0.6 is 34.2 Å². The summed E-state index contributed by atoms with van der Waals surface area (Å²) in [5.74, 6) is -0.185. The summed E-state index contributed by atoms with van der Waals surface area (Å²) in [7, 11) is 0. The Hall–Kier alpha value is -2.51. The van der Waals surface area contributed by atoms with Crippen molar-refractivity contribution in [2.45, 2.75) is 13.5 Å². The van der Waals surface area contributed by atoms with Gasteiger partial charge in [0.25, 0.3) is 0 Å². The second-order valence-electron chi connectivity index (χ2n) is 6.77. The summed E-state index contributed by atoms with van der Waals surface area (Å²) in [6, 6.07) is 20.8. The molecule has 0 amide bonds. The van der Waals surface area contributed by atoms with Crippen molar-refractivity contribution in [3.05, 3.63) is 92.1 Å². The Morgan fingerprint density at radius 1 is 1.07 bits per heavy atom. The average molecular weight is 518 g/mol. The van der Waals surface area contributed by atoms with E-state index in [2.05, 4.69) is 22.6 Å². The number of nitrogens with zero attached hydrogens (tertiary/aromatic N) is 1. The van der Waals surface area contributed by atoms with Crippen LogP contribution in [0, 0.1) is 10.5 Å². The summed E-state index contributed by atoms with van der Waals surface area (Å²) in [6.07, 6.45) is 0. The van der Waals surface area contributed by atoms with Gasteiger partial charge in [-0.05, 0) is 77.5 Å². The number of carboxylic acids is 1. The molecule has 4 nitrogen and oxygen atoms in total. The summed E-state index contributed by atoms with van der Waals surface area (Å²) in [4.78, 5) is 12.3. The molecule has 146 valence electrons. The molecule has 0 spiro atoms. The van der Waals surface area contributed by atoms with E-state index >= 15 is 0 Å². The zero-order valence-corrected chi connectivity index (χ0v) is 18.4. The van der Waals surface area contributed by atoms with Crippen LogP contribution in [-0.4, -0.2) is 15.6 Å². The van der Waals surface area contributed by atoms with E-state index in [0.29, 0.717) is 28.5 Å². The first kappa shape index (κ1) is 19.8. The van der Waals surface area contributed by atoms with Crippen LogP contribution in [0.1, 0.15) is 21.6 Å². The van der Waals surface area contributed by atoms with Gasteiger partial charge in [-0.3, -0.25) is 0 Å². The molecule has 1 N–H and O–H groups in total. The van der Waals surface area contributed by atoms with Crippen molar-refractivity contribution in [3.63, 3.8) is 0 Å². The van der Waals surface area contributed by atoms with Gasteiger partial charge in [-0.2, -0.15) is 0 Å². The van der Waals surface area contributed by atoms with E-state index in [1.165, 1.54) is 0 Å². The smallest absolute Gasteiger partial charge is 0.356 e. The lowest BCUT2D eigenvalue weighted by Gasteiger charge is -2.10. The number of hydrogen-bond donors (Lipinski definition) is 1. The Labute approximate surface area is 186 Å². The number of carbonyl (C=O) groups is 1. The number of rotatable bonds is 5. The van der Waals surface area contributed by atoms with E-state index in [4.69, 9.17) is 16.3 Å². The highest BCUT2D eigenvalue weighted by atomic mass is 127. The first-order chi connectivity index (χ1) is 13.9. The molecule has 0 atom stereocenters.